The van der Waals surface area contributed by atoms with Gasteiger partial charge in [-0.25, -0.2) is 9.78 Å². The summed E-state index contributed by atoms with van der Waals surface area (Å²) in [5, 5.41) is 9.70. The fourth-order valence-corrected chi connectivity index (χ4v) is 1.39. The second kappa shape index (κ2) is 4.14. The molecule has 0 aliphatic heterocycles. The van der Waals surface area contributed by atoms with Crippen molar-refractivity contribution in [2.24, 2.45) is 0 Å². The van der Waals surface area contributed by atoms with E-state index in [9.17, 15) is 4.79 Å². The largest absolute Gasteiger partial charge is 0.477 e. The number of aromatic carboxylic acids is 1. The number of hydrogen-bond donors (Lipinski definition) is 1. The third-order valence-corrected chi connectivity index (χ3v) is 2.07. The minimum atomic E-state index is -1.05. The Morgan fingerprint density at radius 2 is 2.38 bits per heavy atom. The van der Waals surface area contributed by atoms with Crippen LogP contribution in [0.1, 0.15) is 17.3 Å². The van der Waals surface area contributed by atoms with E-state index < -0.39 is 5.97 Å². The topological polar surface area (TPSA) is 72.3 Å². The lowest BCUT2D eigenvalue weighted by atomic mass is 10.2. The van der Waals surface area contributed by atoms with Crippen molar-refractivity contribution >= 4 is 17.0 Å². The Kier molecular flexibility index (Phi) is 2.68. The molecule has 82 valence electrons. The summed E-state index contributed by atoms with van der Waals surface area (Å²) in [6.07, 6.45) is 1.60. The average Bonchev–Trinajstić information content (AvgIpc) is 2.28. The van der Waals surface area contributed by atoms with Gasteiger partial charge >= 0.3 is 5.97 Å². The average molecular weight is 218 g/mol. The number of rotatable bonds is 3. The molecule has 1 N–H and O–H groups in total. The van der Waals surface area contributed by atoms with Gasteiger partial charge in [-0.05, 0) is 25.1 Å². The zero-order valence-corrected chi connectivity index (χ0v) is 8.67. The summed E-state index contributed by atoms with van der Waals surface area (Å²) in [5.41, 5.74) is 0.540. The summed E-state index contributed by atoms with van der Waals surface area (Å²) in [6.45, 7) is 2.14. The van der Waals surface area contributed by atoms with Crippen molar-refractivity contribution in [2.45, 2.75) is 6.92 Å². The van der Waals surface area contributed by atoms with E-state index in [-0.39, 0.29) is 11.4 Å². The van der Waals surface area contributed by atoms with Crippen LogP contribution >= 0.6 is 0 Å². The molecular weight excluding hydrogens is 208 g/mol. The molecule has 0 atom stereocenters. The van der Waals surface area contributed by atoms with Gasteiger partial charge in [0, 0.05) is 11.6 Å². The van der Waals surface area contributed by atoms with Crippen molar-refractivity contribution in [3.05, 3.63) is 30.0 Å². The number of pyridine rings is 2. The first-order valence-corrected chi connectivity index (χ1v) is 4.84. The molecule has 2 aromatic heterocycles. The van der Waals surface area contributed by atoms with Crippen LogP contribution in [0.5, 0.6) is 5.88 Å². The smallest absolute Gasteiger partial charge is 0.341 e. The van der Waals surface area contributed by atoms with Gasteiger partial charge in [-0.3, -0.25) is 0 Å². The lowest BCUT2D eigenvalue weighted by Crippen LogP contribution is -2.05. The zero-order valence-electron chi connectivity index (χ0n) is 8.67. The van der Waals surface area contributed by atoms with E-state index in [2.05, 4.69) is 9.97 Å². The van der Waals surface area contributed by atoms with Crippen LogP contribution in [-0.4, -0.2) is 27.7 Å². The molecule has 0 unspecified atom stereocenters. The number of carbonyl (C=O) groups is 1. The zero-order chi connectivity index (χ0) is 11.5. The molecule has 0 saturated carbocycles. The molecular formula is C11H10N2O3. The van der Waals surface area contributed by atoms with Crippen LogP contribution in [0.15, 0.2) is 24.4 Å². The molecule has 5 nitrogen and oxygen atoms in total. The van der Waals surface area contributed by atoms with Crippen LogP contribution < -0.4 is 4.74 Å². The van der Waals surface area contributed by atoms with Crippen molar-refractivity contribution in [1.82, 2.24) is 9.97 Å². The van der Waals surface area contributed by atoms with E-state index in [0.29, 0.717) is 17.6 Å². The van der Waals surface area contributed by atoms with Crippen LogP contribution in [0, 0.1) is 0 Å². The highest BCUT2D eigenvalue weighted by Crippen LogP contribution is 2.20. The predicted molar refractivity (Wildman–Crippen MR) is 57.7 cm³/mol. The first-order valence-electron chi connectivity index (χ1n) is 4.84. The summed E-state index contributed by atoms with van der Waals surface area (Å²) >= 11 is 0. The Bertz CT molecular complexity index is 540. The summed E-state index contributed by atoms with van der Waals surface area (Å²) in [7, 11) is 0. The Labute approximate surface area is 91.7 Å². The van der Waals surface area contributed by atoms with Crippen LogP contribution in [0.25, 0.3) is 11.0 Å². The summed E-state index contributed by atoms with van der Waals surface area (Å²) < 4.78 is 5.17. The van der Waals surface area contributed by atoms with Crippen molar-refractivity contribution < 1.29 is 14.6 Å². The van der Waals surface area contributed by atoms with E-state index in [1.54, 1.807) is 25.3 Å². The van der Waals surface area contributed by atoms with Crippen molar-refractivity contribution in [3.63, 3.8) is 0 Å². The number of aromatic nitrogens is 2. The van der Waals surface area contributed by atoms with E-state index in [1.165, 1.54) is 6.07 Å². The molecule has 0 saturated heterocycles. The Hall–Kier alpha value is -2.17. The van der Waals surface area contributed by atoms with Crippen molar-refractivity contribution in [1.29, 1.82) is 0 Å². The van der Waals surface area contributed by atoms with Crippen molar-refractivity contribution in [2.75, 3.05) is 6.61 Å². The highest BCUT2D eigenvalue weighted by molar-refractivity contribution is 5.94. The van der Waals surface area contributed by atoms with E-state index >= 15 is 0 Å². The standard InChI is InChI=1S/C11H10N2O3/c1-2-16-10-8(11(14)15)6-7-4-3-5-12-9(7)13-10/h3-6H,2H2,1H3,(H,14,15). The van der Waals surface area contributed by atoms with Gasteiger partial charge in [-0.2, -0.15) is 4.98 Å². The second-order valence-corrected chi connectivity index (χ2v) is 3.13. The Morgan fingerprint density at radius 1 is 1.56 bits per heavy atom. The van der Waals surface area contributed by atoms with E-state index in [0.717, 1.165) is 0 Å². The normalized spacial score (nSPS) is 10.3. The monoisotopic (exact) mass is 218 g/mol. The van der Waals surface area contributed by atoms with Crippen LogP contribution in [0.2, 0.25) is 0 Å². The number of hydrogen-bond acceptors (Lipinski definition) is 4. The van der Waals surface area contributed by atoms with Crippen LogP contribution in [-0.2, 0) is 0 Å². The number of ether oxygens (including phenoxy) is 1. The van der Waals surface area contributed by atoms with E-state index in [1.807, 2.05) is 0 Å². The fraction of sp³-hybridized carbons (Fsp3) is 0.182. The van der Waals surface area contributed by atoms with Gasteiger partial charge in [0.2, 0.25) is 5.88 Å². The molecule has 0 aliphatic carbocycles. The third kappa shape index (κ3) is 1.79. The fourth-order valence-electron chi connectivity index (χ4n) is 1.39. The first kappa shape index (κ1) is 10.4. The second-order valence-electron chi connectivity index (χ2n) is 3.13. The highest BCUT2D eigenvalue weighted by atomic mass is 16.5. The first-order chi connectivity index (χ1) is 7.72. The Morgan fingerprint density at radius 3 is 3.06 bits per heavy atom. The summed E-state index contributed by atoms with van der Waals surface area (Å²) in [5.74, 6) is -0.942. The molecule has 0 aromatic carbocycles. The Balaban J connectivity index is 2.65. The number of fused-ring (bicyclic) bond motifs is 1. The molecule has 2 heterocycles. The van der Waals surface area contributed by atoms with E-state index in [4.69, 9.17) is 9.84 Å². The third-order valence-electron chi connectivity index (χ3n) is 2.07. The molecule has 2 rings (SSSR count). The van der Waals surface area contributed by atoms with Gasteiger partial charge in [0.25, 0.3) is 0 Å². The lowest BCUT2D eigenvalue weighted by Gasteiger charge is -2.06. The quantitative estimate of drug-likeness (QED) is 0.849. The van der Waals surface area contributed by atoms with Gasteiger partial charge in [-0.1, -0.05) is 0 Å². The molecule has 0 spiro atoms. The highest BCUT2D eigenvalue weighted by Gasteiger charge is 2.14. The van der Waals surface area contributed by atoms with Gasteiger partial charge in [-0.15, -0.1) is 0 Å². The molecule has 0 bridgehead atoms. The summed E-state index contributed by atoms with van der Waals surface area (Å²) in [4.78, 5) is 19.1. The van der Waals surface area contributed by atoms with Crippen LogP contribution in [0.4, 0.5) is 0 Å². The maximum absolute atomic E-state index is 11.0. The molecule has 0 fully saturated rings. The number of carboxylic acid groups (broad SMARTS) is 1. The molecule has 0 amide bonds. The van der Waals surface area contributed by atoms with Crippen LogP contribution in [0.3, 0.4) is 0 Å². The maximum Gasteiger partial charge on any atom is 0.341 e. The lowest BCUT2D eigenvalue weighted by molar-refractivity contribution is 0.0692. The maximum atomic E-state index is 11.0. The number of carboxylic acids is 1. The van der Waals surface area contributed by atoms with Gasteiger partial charge < -0.3 is 9.84 Å². The number of nitrogens with zero attached hydrogens (tertiary/aromatic N) is 2. The molecule has 5 heteroatoms. The molecule has 0 radical (unpaired) electrons. The SMILES string of the molecule is CCOc1nc2ncccc2cc1C(=O)O. The van der Waals surface area contributed by atoms with Crippen molar-refractivity contribution in [3.8, 4) is 5.88 Å². The molecule has 2 aromatic rings. The minimum absolute atomic E-state index is 0.0577. The summed E-state index contributed by atoms with van der Waals surface area (Å²) in [6, 6.07) is 5.01. The van der Waals surface area contributed by atoms with Gasteiger partial charge in [0.05, 0.1) is 6.61 Å². The predicted octanol–water partition coefficient (Wildman–Crippen LogP) is 1.73. The molecule has 0 aliphatic rings. The van der Waals surface area contributed by atoms with Gasteiger partial charge in [0.15, 0.2) is 5.65 Å². The van der Waals surface area contributed by atoms with Gasteiger partial charge in [0.1, 0.15) is 5.56 Å². The minimum Gasteiger partial charge on any atom is -0.477 e. The molecule has 16 heavy (non-hydrogen) atoms.